The molecule has 1 aromatic heterocycles. The normalized spacial score (nSPS) is 20.1. The fraction of sp³-hybridized carbons (Fsp3) is 0.421. The number of carboxylic acids is 1. The molecule has 1 saturated heterocycles. The van der Waals surface area contributed by atoms with Crippen LogP contribution in [-0.2, 0) is 4.79 Å². The predicted molar refractivity (Wildman–Crippen MR) is 94.1 cm³/mol. The van der Waals surface area contributed by atoms with Crippen LogP contribution in [0.15, 0.2) is 24.3 Å². The molecule has 1 amide bonds. The Morgan fingerprint density at radius 3 is 2.36 bits per heavy atom. The maximum Gasteiger partial charge on any atom is 0.329 e. The molecule has 0 radical (unpaired) electrons. The third-order valence-electron chi connectivity index (χ3n) is 4.90. The molecule has 6 heteroatoms. The zero-order chi connectivity index (χ0) is 18.4. The van der Waals surface area contributed by atoms with Crippen LogP contribution in [0, 0.1) is 20.8 Å². The number of likely N-dealkylation sites (tertiary alicyclic amines) is 1. The average Bonchev–Trinajstić information content (AvgIpc) is 3.10. The molecular formula is C19H23N3O3. The Bertz CT molecular complexity index is 835. The molecule has 6 nitrogen and oxygen atoms in total. The molecule has 1 aromatic carbocycles. The van der Waals surface area contributed by atoms with Crippen LogP contribution in [0.1, 0.15) is 47.1 Å². The molecule has 1 aliphatic heterocycles. The SMILES string of the molecule is Cc1cc(C)cc(-n2nc(C(=O)N3CCCC3(C)C(=O)O)cc2C)c1. The number of hydrogen-bond donors (Lipinski definition) is 1. The average molecular weight is 341 g/mol. The van der Waals surface area contributed by atoms with Crippen LogP contribution in [0.3, 0.4) is 0 Å². The van der Waals surface area contributed by atoms with Gasteiger partial charge in [-0.1, -0.05) is 6.07 Å². The molecule has 0 aliphatic carbocycles. The number of hydrogen-bond acceptors (Lipinski definition) is 3. The van der Waals surface area contributed by atoms with E-state index < -0.39 is 11.5 Å². The molecule has 25 heavy (non-hydrogen) atoms. The first kappa shape index (κ1) is 17.2. The summed E-state index contributed by atoms with van der Waals surface area (Å²) in [5.41, 5.74) is 3.10. The minimum atomic E-state index is -1.16. The number of aliphatic carboxylic acids is 1. The van der Waals surface area contributed by atoms with Crippen molar-refractivity contribution >= 4 is 11.9 Å². The number of carbonyl (C=O) groups is 2. The summed E-state index contributed by atoms with van der Waals surface area (Å²) in [5, 5.41) is 14.0. The summed E-state index contributed by atoms with van der Waals surface area (Å²) < 4.78 is 1.74. The van der Waals surface area contributed by atoms with Crippen LogP contribution in [0.5, 0.6) is 0 Å². The number of benzene rings is 1. The summed E-state index contributed by atoms with van der Waals surface area (Å²) in [6.07, 6.45) is 1.15. The van der Waals surface area contributed by atoms with Crippen LogP contribution >= 0.6 is 0 Å². The Morgan fingerprint density at radius 2 is 1.76 bits per heavy atom. The van der Waals surface area contributed by atoms with Crippen molar-refractivity contribution in [2.45, 2.75) is 46.1 Å². The maximum atomic E-state index is 12.9. The van der Waals surface area contributed by atoms with Crippen molar-refractivity contribution in [1.82, 2.24) is 14.7 Å². The van der Waals surface area contributed by atoms with Gasteiger partial charge in [0.05, 0.1) is 5.69 Å². The molecule has 0 bridgehead atoms. The second-order valence-electron chi connectivity index (χ2n) is 7.07. The Labute approximate surface area is 147 Å². The number of aryl methyl sites for hydroxylation is 3. The van der Waals surface area contributed by atoms with Gasteiger partial charge in [0.25, 0.3) is 5.91 Å². The van der Waals surface area contributed by atoms with Crippen molar-refractivity contribution in [3.8, 4) is 5.69 Å². The van der Waals surface area contributed by atoms with Gasteiger partial charge in [-0.05, 0) is 69.9 Å². The van der Waals surface area contributed by atoms with Gasteiger partial charge in [0.15, 0.2) is 5.69 Å². The van der Waals surface area contributed by atoms with E-state index in [-0.39, 0.29) is 11.6 Å². The second kappa shape index (κ2) is 6.02. The minimum absolute atomic E-state index is 0.283. The van der Waals surface area contributed by atoms with Crippen LogP contribution in [0.25, 0.3) is 5.69 Å². The first-order valence-corrected chi connectivity index (χ1v) is 8.43. The van der Waals surface area contributed by atoms with E-state index in [1.54, 1.807) is 17.7 Å². The highest BCUT2D eigenvalue weighted by molar-refractivity contribution is 5.96. The molecule has 1 unspecified atom stereocenters. The lowest BCUT2D eigenvalue weighted by Gasteiger charge is -2.30. The van der Waals surface area contributed by atoms with Crippen molar-refractivity contribution in [3.05, 3.63) is 46.8 Å². The lowest BCUT2D eigenvalue weighted by molar-refractivity contribution is -0.147. The first-order chi connectivity index (χ1) is 11.7. The number of amides is 1. The molecule has 0 saturated carbocycles. The summed E-state index contributed by atoms with van der Waals surface area (Å²) in [6, 6.07) is 7.83. The predicted octanol–water partition coefficient (Wildman–Crippen LogP) is 2.88. The zero-order valence-corrected chi connectivity index (χ0v) is 15.0. The monoisotopic (exact) mass is 341 g/mol. The second-order valence-corrected chi connectivity index (χ2v) is 7.07. The molecule has 132 valence electrons. The van der Waals surface area contributed by atoms with Crippen LogP contribution in [-0.4, -0.2) is 43.7 Å². The Morgan fingerprint density at radius 1 is 1.12 bits per heavy atom. The van der Waals surface area contributed by atoms with Gasteiger partial charge in [-0.2, -0.15) is 5.10 Å². The molecule has 1 atom stereocenters. The van der Waals surface area contributed by atoms with E-state index in [2.05, 4.69) is 11.2 Å². The van der Waals surface area contributed by atoms with E-state index in [9.17, 15) is 14.7 Å². The highest BCUT2D eigenvalue weighted by Gasteiger charge is 2.46. The van der Waals surface area contributed by atoms with Gasteiger partial charge >= 0.3 is 5.97 Å². The van der Waals surface area contributed by atoms with E-state index >= 15 is 0 Å². The van der Waals surface area contributed by atoms with E-state index in [0.717, 1.165) is 22.5 Å². The summed E-state index contributed by atoms with van der Waals surface area (Å²) in [4.78, 5) is 25.9. The quantitative estimate of drug-likeness (QED) is 0.931. The Kier molecular flexibility index (Phi) is 4.14. The maximum absolute atomic E-state index is 12.9. The number of carbonyl (C=O) groups excluding carboxylic acids is 1. The largest absolute Gasteiger partial charge is 0.480 e. The Balaban J connectivity index is 1.97. The molecular weight excluding hydrogens is 318 g/mol. The number of aromatic nitrogens is 2. The first-order valence-electron chi connectivity index (χ1n) is 8.43. The van der Waals surface area contributed by atoms with Crippen molar-refractivity contribution in [2.24, 2.45) is 0 Å². The summed E-state index contributed by atoms with van der Waals surface area (Å²) >= 11 is 0. The minimum Gasteiger partial charge on any atom is -0.480 e. The summed E-state index contributed by atoms with van der Waals surface area (Å²) in [7, 11) is 0. The fourth-order valence-electron chi connectivity index (χ4n) is 3.56. The summed E-state index contributed by atoms with van der Waals surface area (Å²) in [6.45, 7) is 7.97. The summed E-state index contributed by atoms with van der Waals surface area (Å²) in [5.74, 6) is -1.29. The zero-order valence-electron chi connectivity index (χ0n) is 15.0. The molecule has 0 spiro atoms. The number of nitrogens with zero attached hydrogens (tertiary/aromatic N) is 3. The van der Waals surface area contributed by atoms with Crippen LogP contribution in [0.4, 0.5) is 0 Å². The third-order valence-corrected chi connectivity index (χ3v) is 4.90. The molecule has 1 N–H and O–H groups in total. The fourth-order valence-corrected chi connectivity index (χ4v) is 3.56. The van der Waals surface area contributed by atoms with Crippen molar-refractivity contribution in [3.63, 3.8) is 0 Å². The Hall–Kier alpha value is -2.63. The van der Waals surface area contributed by atoms with Gasteiger partial charge < -0.3 is 10.0 Å². The molecule has 3 rings (SSSR count). The van der Waals surface area contributed by atoms with E-state index in [1.165, 1.54) is 4.90 Å². The lowest BCUT2D eigenvalue weighted by atomic mass is 9.99. The molecule has 1 fully saturated rings. The van der Waals surface area contributed by atoms with Gasteiger partial charge in [-0.3, -0.25) is 4.79 Å². The van der Waals surface area contributed by atoms with Crippen LogP contribution in [0.2, 0.25) is 0 Å². The van der Waals surface area contributed by atoms with Crippen molar-refractivity contribution in [1.29, 1.82) is 0 Å². The number of rotatable bonds is 3. The van der Waals surface area contributed by atoms with Crippen molar-refractivity contribution < 1.29 is 14.7 Å². The van der Waals surface area contributed by atoms with E-state index in [0.29, 0.717) is 19.4 Å². The molecule has 1 aliphatic rings. The van der Waals surface area contributed by atoms with Gasteiger partial charge in [0, 0.05) is 12.2 Å². The van der Waals surface area contributed by atoms with E-state index in [4.69, 9.17) is 0 Å². The van der Waals surface area contributed by atoms with Gasteiger partial charge in [-0.15, -0.1) is 0 Å². The van der Waals surface area contributed by atoms with E-state index in [1.807, 2.05) is 32.9 Å². The number of carboxylic acid groups (broad SMARTS) is 1. The molecule has 2 heterocycles. The van der Waals surface area contributed by atoms with Gasteiger partial charge in [0.2, 0.25) is 0 Å². The third kappa shape index (κ3) is 2.92. The van der Waals surface area contributed by atoms with Gasteiger partial charge in [-0.25, -0.2) is 9.48 Å². The standard InChI is InChI=1S/C19H23N3O3/c1-12-8-13(2)10-15(9-12)22-14(3)11-16(20-22)17(23)21-7-5-6-19(21,4)18(24)25/h8-11H,5-7H2,1-4H3,(H,24,25). The van der Waals surface area contributed by atoms with Crippen LogP contribution < -0.4 is 0 Å². The highest BCUT2D eigenvalue weighted by Crippen LogP contribution is 2.31. The highest BCUT2D eigenvalue weighted by atomic mass is 16.4. The van der Waals surface area contributed by atoms with Crippen molar-refractivity contribution in [2.75, 3.05) is 6.54 Å². The smallest absolute Gasteiger partial charge is 0.329 e. The van der Waals surface area contributed by atoms with Gasteiger partial charge in [0.1, 0.15) is 5.54 Å². The molecule has 2 aromatic rings. The topological polar surface area (TPSA) is 75.4 Å². The lowest BCUT2D eigenvalue weighted by Crippen LogP contribution is -2.50.